The Morgan fingerprint density at radius 3 is 2.68 bits per heavy atom. The Morgan fingerprint density at radius 1 is 1.14 bits per heavy atom. The highest BCUT2D eigenvalue weighted by Crippen LogP contribution is 2.32. The predicted octanol–water partition coefficient (Wildman–Crippen LogP) is 2.20. The molecule has 1 aliphatic rings. The molecule has 0 amide bonds. The molecule has 3 aromatic rings. The molecule has 1 unspecified atom stereocenters. The van der Waals surface area contributed by atoms with Crippen molar-refractivity contribution in [3.63, 3.8) is 0 Å². The molecule has 6 nitrogen and oxygen atoms in total. The van der Waals surface area contributed by atoms with Crippen molar-refractivity contribution in [1.82, 2.24) is 9.55 Å². The molecular weight excluding hydrogens is 276 g/mol. The summed E-state index contributed by atoms with van der Waals surface area (Å²) in [6.45, 7) is 0. The lowest BCUT2D eigenvalue weighted by atomic mass is 10.1. The van der Waals surface area contributed by atoms with Gasteiger partial charge in [0, 0.05) is 0 Å². The molecule has 0 bridgehead atoms. The van der Waals surface area contributed by atoms with Crippen LogP contribution in [0.25, 0.3) is 11.0 Å². The van der Waals surface area contributed by atoms with Crippen molar-refractivity contribution in [2.45, 2.75) is 6.17 Å². The second-order valence-electron chi connectivity index (χ2n) is 5.04. The highest BCUT2D eigenvalue weighted by molar-refractivity contribution is 5.94. The van der Waals surface area contributed by atoms with E-state index in [-0.39, 0.29) is 6.17 Å². The molecule has 0 saturated carbocycles. The van der Waals surface area contributed by atoms with Crippen LogP contribution in [0.4, 0.5) is 5.95 Å². The fraction of sp³-hybridized carbons (Fsp3) is 0.0625. The number of anilines is 1. The zero-order chi connectivity index (χ0) is 15.1. The Morgan fingerprint density at radius 2 is 1.91 bits per heavy atom. The largest absolute Gasteiger partial charge is 0.370 e. The highest BCUT2D eigenvalue weighted by Gasteiger charge is 2.24. The monoisotopic (exact) mass is 288 g/mol. The minimum absolute atomic E-state index is 0.295. The Labute approximate surface area is 126 Å². The zero-order valence-electron chi connectivity index (χ0n) is 11.6. The molecule has 0 saturated heterocycles. The first kappa shape index (κ1) is 12.4. The van der Waals surface area contributed by atoms with Crippen LogP contribution in [0.3, 0.4) is 0 Å². The van der Waals surface area contributed by atoms with Crippen molar-refractivity contribution in [2.24, 2.45) is 10.7 Å². The van der Waals surface area contributed by atoms with Gasteiger partial charge in [0.1, 0.15) is 0 Å². The third kappa shape index (κ3) is 1.80. The van der Waals surface area contributed by atoms with E-state index in [4.69, 9.17) is 11.0 Å². The lowest BCUT2D eigenvalue weighted by molar-refractivity contribution is 0.626. The lowest BCUT2D eigenvalue weighted by Crippen LogP contribution is -2.31. The Kier molecular flexibility index (Phi) is 2.60. The molecule has 2 heterocycles. The summed E-state index contributed by atoms with van der Waals surface area (Å²) in [5.74, 6) is 1.00. The van der Waals surface area contributed by atoms with Crippen molar-refractivity contribution < 1.29 is 0 Å². The van der Waals surface area contributed by atoms with Crippen molar-refractivity contribution in [3.8, 4) is 6.07 Å². The predicted molar refractivity (Wildman–Crippen MR) is 84.3 cm³/mol. The van der Waals surface area contributed by atoms with E-state index < -0.39 is 0 Å². The number of aliphatic imine (C=N–C) groups is 1. The van der Waals surface area contributed by atoms with Gasteiger partial charge in [0.15, 0.2) is 12.1 Å². The Balaban J connectivity index is 1.92. The molecule has 22 heavy (non-hydrogen) atoms. The van der Waals surface area contributed by atoms with E-state index in [1.54, 1.807) is 12.1 Å². The van der Waals surface area contributed by atoms with E-state index in [2.05, 4.69) is 21.4 Å². The molecule has 0 spiro atoms. The maximum atomic E-state index is 8.92. The van der Waals surface area contributed by atoms with Crippen molar-refractivity contribution >= 4 is 22.9 Å². The molecule has 0 aliphatic carbocycles. The molecule has 3 N–H and O–H groups in total. The molecule has 0 fully saturated rings. The number of para-hydroxylation sites is 2. The maximum Gasteiger partial charge on any atom is 0.212 e. The number of aromatic nitrogens is 2. The number of hydrogen-bond acceptors (Lipinski definition) is 5. The number of guanidine groups is 1. The number of nitrogens with two attached hydrogens (primary N) is 1. The van der Waals surface area contributed by atoms with E-state index in [9.17, 15) is 0 Å². The summed E-state index contributed by atoms with van der Waals surface area (Å²) in [5, 5.41) is 11.9. The minimum Gasteiger partial charge on any atom is -0.370 e. The van der Waals surface area contributed by atoms with Crippen LogP contribution in [-0.4, -0.2) is 15.5 Å². The number of rotatable bonds is 1. The SMILES string of the molecule is N#Cc1ccc(C2N=C(N)Nc3nc4ccccc4n32)cc1. The van der Waals surface area contributed by atoms with Gasteiger partial charge in [-0.25, -0.2) is 9.98 Å². The standard InChI is InChI=1S/C16H12N6/c17-9-10-5-7-11(8-6-10)14-20-15(18)21-16-19-12-3-1-2-4-13(12)22(14)16/h1-8,14H,(H3,18,19,20,21). The van der Waals surface area contributed by atoms with Gasteiger partial charge in [-0.15, -0.1) is 0 Å². The Bertz CT molecular complexity index is 929. The summed E-state index contributed by atoms with van der Waals surface area (Å²) in [6, 6.07) is 17.3. The first-order valence-electron chi connectivity index (χ1n) is 6.83. The number of nitrogens with zero attached hydrogens (tertiary/aromatic N) is 4. The maximum absolute atomic E-state index is 8.92. The summed E-state index contributed by atoms with van der Waals surface area (Å²) >= 11 is 0. The summed E-state index contributed by atoms with van der Waals surface area (Å²) in [6.07, 6.45) is -0.295. The Hall–Kier alpha value is -3.33. The highest BCUT2D eigenvalue weighted by atomic mass is 15.4. The number of benzene rings is 2. The van der Waals surface area contributed by atoms with Gasteiger partial charge in [0.2, 0.25) is 5.95 Å². The van der Waals surface area contributed by atoms with E-state index in [1.165, 1.54) is 0 Å². The van der Waals surface area contributed by atoms with Crippen molar-refractivity contribution in [3.05, 3.63) is 59.7 Å². The molecule has 4 rings (SSSR count). The average molecular weight is 288 g/mol. The van der Waals surface area contributed by atoms with Crippen molar-refractivity contribution in [2.75, 3.05) is 5.32 Å². The fourth-order valence-electron chi connectivity index (χ4n) is 2.67. The number of nitrogens with one attached hydrogen (secondary N) is 1. The minimum atomic E-state index is -0.295. The van der Waals surface area contributed by atoms with Crippen LogP contribution in [0, 0.1) is 11.3 Å². The third-order valence-corrected chi connectivity index (χ3v) is 3.68. The van der Waals surface area contributed by atoms with E-state index in [1.807, 2.05) is 41.0 Å². The molecule has 6 heteroatoms. The van der Waals surface area contributed by atoms with Gasteiger partial charge >= 0.3 is 0 Å². The van der Waals surface area contributed by atoms with Crippen LogP contribution < -0.4 is 11.1 Å². The fourth-order valence-corrected chi connectivity index (χ4v) is 2.67. The average Bonchev–Trinajstić information content (AvgIpc) is 2.92. The van der Waals surface area contributed by atoms with Crippen LogP contribution in [0.2, 0.25) is 0 Å². The topological polar surface area (TPSA) is 92.0 Å². The van der Waals surface area contributed by atoms with Crippen LogP contribution in [0.1, 0.15) is 17.3 Å². The molecule has 106 valence electrons. The van der Waals surface area contributed by atoms with Crippen molar-refractivity contribution in [1.29, 1.82) is 5.26 Å². The number of imidazole rings is 1. The molecule has 1 aromatic heterocycles. The third-order valence-electron chi connectivity index (χ3n) is 3.68. The molecule has 2 aromatic carbocycles. The quantitative estimate of drug-likeness (QED) is 0.718. The van der Waals surface area contributed by atoms with Crippen LogP contribution in [0.5, 0.6) is 0 Å². The van der Waals surface area contributed by atoms with Crippen LogP contribution in [-0.2, 0) is 0 Å². The zero-order valence-corrected chi connectivity index (χ0v) is 11.6. The number of nitriles is 1. The number of hydrogen-bond donors (Lipinski definition) is 2. The summed E-state index contributed by atoms with van der Waals surface area (Å²) in [4.78, 5) is 9.05. The van der Waals surface area contributed by atoms with Gasteiger partial charge in [-0.2, -0.15) is 5.26 Å². The summed E-state index contributed by atoms with van der Waals surface area (Å²) in [5.41, 5.74) is 9.32. The van der Waals surface area contributed by atoms with Crippen LogP contribution >= 0.6 is 0 Å². The lowest BCUT2D eigenvalue weighted by Gasteiger charge is -2.23. The van der Waals surface area contributed by atoms with Crippen LogP contribution in [0.15, 0.2) is 53.5 Å². The molecule has 0 radical (unpaired) electrons. The van der Waals surface area contributed by atoms with Gasteiger partial charge in [-0.05, 0) is 29.8 Å². The smallest absolute Gasteiger partial charge is 0.212 e. The first-order valence-corrected chi connectivity index (χ1v) is 6.83. The van der Waals surface area contributed by atoms with Gasteiger partial charge in [0.25, 0.3) is 0 Å². The van der Waals surface area contributed by atoms with E-state index in [0.717, 1.165) is 16.6 Å². The molecule has 1 aliphatic heterocycles. The van der Waals surface area contributed by atoms with Gasteiger partial charge in [-0.1, -0.05) is 24.3 Å². The van der Waals surface area contributed by atoms with Gasteiger partial charge < -0.3 is 5.73 Å². The van der Waals surface area contributed by atoms with Gasteiger partial charge in [-0.3, -0.25) is 9.88 Å². The second kappa shape index (κ2) is 4.60. The normalized spacial score (nSPS) is 16.5. The van der Waals surface area contributed by atoms with Gasteiger partial charge in [0.05, 0.1) is 22.7 Å². The molecule has 1 atom stereocenters. The van der Waals surface area contributed by atoms with E-state index >= 15 is 0 Å². The number of fused-ring (bicyclic) bond motifs is 3. The second-order valence-corrected chi connectivity index (χ2v) is 5.04. The molecular formula is C16H12N6. The van der Waals surface area contributed by atoms with E-state index in [0.29, 0.717) is 17.5 Å². The summed E-state index contributed by atoms with van der Waals surface area (Å²) in [7, 11) is 0. The first-order chi connectivity index (χ1) is 10.8. The summed E-state index contributed by atoms with van der Waals surface area (Å²) < 4.78 is 2.01.